The number of benzene rings is 1. The Morgan fingerprint density at radius 3 is 2.88 bits per heavy atom. The summed E-state index contributed by atoms with van der Waals surface area (Å²) in [5, 5.41) is 14.5. The molecule has 0 unspecified atom stereocenters. The summed E-state index contributed by atoms with van der Waals surface area (Å²) in [7, 11) is 0. The van der Waals surface area contributed by atoms with Gasteiger partial charge in [0.1, 0.15) is 5.82 Å². The second-order valence-electron chi connectivity index (χ2n) is 3.28. The lowest BCUT2D eigenvalue weighted by Gasteiger charge is -2.02. The summed E-state index contributed by atoms with van der Waals surface area (Å²) >= 11 is 0. The van der Waals surface area contributed by atoms with Gasteiger partial charge in [0.25, 0.3) is 5.69 Å². The van der Waals surface area contributed by atoms with Crippen molar-refractivity contribution in [3.05, 3.63) is 58.2 Å². The second kappa shape index (κ2) is 4.09. The molecule has 0 amide bonds. The van der Waals surface area contributed by atoms with Crippen molar-refractivity contribution in [1.29, 1.82) is 0 Å². The highest BCUT2D eigenvalue weighted by Gasteiger charge is 2.09. The molecule has 0 fully saturated rings. The van der Waals surface area contributed by atoms with E-state index in [0.717, 1.165) is 6.07 Å². The molecule has 0 aliphatic rings. The molecule has 2 aromatic rings. The predicted molar refractivity (Wildman–Crippen MR) is 54.4 cm³/mol. The van der Waals surface area contributed by atoms with Crippen molar-refractivity contribution in [3.63, 3.8) is 0 Å². The third-order valence-corrected chi connectivity index (χ3v) is 2.06. The number of nitro groups is 1. The van der Waals surface area contributed by atoms with E-state index < -0.39 is 10.7 Å². The Morgan fingerprint density at radius 1 is 1.44 bits per heavy atom. The van der Waals surface area contributed by atoms with E-state index >= 15 is 0 Å². The summed E-state index contributed by atoms with van der Waals surface area (Å²) in [6.07, 6.45) is 3.30. The Balaban J connectivity index is 2.31. The highest BCUT2D eigenvalue weighted by atomic mass is 19.1. The molecule has 1 aromatic carbocycles. The summed E-state index contributed by atoms with van der Waals surface area (Å²) in [6.45, 7) is 0.311. The van der Waals surface area contributed by atoms with Gasteiger partial charge in [-0.1, -0.05) is 0 Å². The van der Waals surface area contributed by atoms with Crippen LogP contribution in [0.1, 0.15) is 5.56 Å². The Kier molecular flexibility index (Phi) is 2.63. The molecular formula is C10H8FN3O2. The van der Waals surface area contributed by atoms with Gasteiger partial charge in [-0.15, -0.1) is 0 Å². The van der Waals surface area contributed by atoms with Crippen molar-refractivity contribution in [2.45, 2.75) is 6.54 Å². The third-order valence-electron chi connectivity index (χ3n) is 2.06. The SMILES string of the molecule is O=[N+]([O-])c1cc(F)cc(Cn2cccn2)c1. The van der Waals surface area contributed by atoms with Gasteiger partial charge in [-0.25, -0.2) is 4.39 Å². The largest absolute Gasteiger partial charge is 0.272 e. The Hall–Kier alpha value is -2.24. The van der Waals surface area contributed by atoms with Crippen molar-refractivity contribution < 1.29 is 9.31 Å². The predicted octanol–water partition coefficient (Wildman–Crippen LogP) is 1.98. The lowest BCUT2D eigenvalue weighted by atomic mass is 10.2. The van der Waals surface area contributed by atoms with E-state index in [2.05, 4.69) is 5.10 Å². The first-order valence-electron chi connectivity index (χ1n) is 4.56. The van der Waals surface area contributed by atoms with Crippen molar-refractivity contribution in [1.82, 2.24) is 9.78 Å². The van der Waals surface area contributed by atoms with E-state index in [1.54, 1.807) is 23.1 Å². The molecular weight excluding hydrogens is 213 g/mol. The molecule has 0 bridgehead atoms. The molecule has 0 N–H and O–H groups in total. The molecule has 16 heavy (non-hydrogen) atoms. The Bertz CT molecular complexity index is 511. The van der Waals surface area contributed by atoms with E-state index in [4.69, 9.17) is 0 Å². The monoisotopic (exact) mass is 221 g/mol. The number of non-ortho nitro benzene ring substituents is 1. The normalized spacial score (nSPS) is 10.3. The van der Waals surface area contributed by atoms with Crippen molar-refractivity contribution >= 4 is 5.69 Å². The van der Waals surface area contributed by atoms with Crippen LogP contribution in [0.3, 0.4) is 0 Å². The van der Waals surface area contributed by atoms with Gasteiger partial charge in [0.05, 0.1) is 17.5 Å². The fourth-order valence-corrected chi connectivity index (χ4v) is 1.41. The maximum Gasteiger partial charge on any atom is 0.272 e. The fourth-order valence-electron chi connectivity index (χ4n) is 1.41. The maximum absolute atomic E-state index is 13.1. The topological polar surface area (TPSA) is 61.0 Å². The highest BCUT2D eigenvalue weighted by Crippen LogP contribution is 2.16. The maximum atomic E-state index is 13.1. The first-order chi connectivity index (χ1) is 7.65. The number of hydrogen-bond donors (Lipinski definition) is 0. The van der Waals surface area contributed by atoms with Gasteiger partial charge in [0, 0.05) is 18.5 Å². The average molecular weight is 221 g/mol. The molecule has 0 saturated heterocycles. The van der Waals surface area contributed by atoms with Gasteiger partial charge in [-0.3, -0.25) is 14.8 Å². The molecule has 2 rings (SSSR count). The molecule has 1 heterocycles. The quantitative estimate of drug-likeness (QED) is 0.588. The minimum absolute atomic E-state index is 0.248. The summed E-state index contributed by atoms with van der Waals surface area (Å²) in [5.41, 5.74) is 0.262. The molecule has 82 valence electrons. The van der Waals surface area contributed by atoms with Crippen LogP contribution in [0, 0.1) is 15.9 Å². The molecule has 0 radical (unpaired) electrons. The van der Waals surface area contributed by atoms with Gasteiger partial charge in [-0.05, 0) is 17.7 Å². The summed E-state index contributed by atoms with van der Waals surface area (Å²) in [4.78, 5) is 9.91. The molecule has 1 aromatic heterocycles. The van der Waals surface area contributed by atoms with E-state index in [-0.39, 0.29) is 5.69 Å². The lowest BCUT2D eigenvalue weighted by Crippen LogP contribution is -2.01. The number of nitro benzene ring substituents is 1. The van der Waals surface area contributed by atoms with Crippen molar-refractivity contribution in [2.75, 3.05) is 0 Å². The molecule has 5 nitrogen and oxygen atoms in total. The van der Waals surface area contributed by atoms with Crippen LogP contribution in [0.4, 0.5) is 10.1 Å². The van der Waals surface area contributed by atoms with Crippen molar-refractivity contribution in [3.8, 4) is 0 Å². The first kappa shape index (κ1) is 10.3. The van der Waals surface area contributed by atoms with Crippen LogP contribution in [-0.4, -0.2) is 14.7 Å². The smallest absolute Gasteiger partial charge is 0.268 e. The van der Waals surface area contributed by atoms with Crippen LogP contribution in [0.15, 0.2) is 36.7 Å². The summed E-state index contributed by atoms with van der Waals surface area (Å²) < 4.78 is 14.7. The standard InChI is InChI=1S/C10H8FN3O2/c11-9-4-8(5-10(6-9)14(15)16)7-13-3-1-2-12-13/h1-6H,7H2. The molecule has 0 atom stereocenters. The van der Waals surface area contributed by atoms with Crippen LogP contribution in [0.2, 0.25) is 0 Å². The second-order valence-corrected chi connectivity index (χ2v) is 3.28. The van der Waals surface area contributed by atoms with Gasteiger partial charge < -0.3 is 0 Å². The third kappa shape index (κ3) is 2.22. The van der Waals surface area contributed by atoms with Crippen LogP contribution < -0.4 is 0 Å². The van der Waals surface area contributed by atoms with Crippen LogP contribution in [0.5, 0.6) is 0 Å². The zero-order chi connectivity index (χ0) is 11.5. The lowest BCUT2D eigenvalue weighted by molar-refractivity contribution is -0.385. The summed E-state index contributed by atoms with van der Waals surface area (Å²) in [6, 6.07) is 5.22. The zero-order valence-corrected chi connectivity index (χ0v) is 8.21. The number of nitrogens with zero attached hydrogens (tertiary/aromatic N) is 3. The number of rotatable bonds is 3. The Labute approximate surface area is 90.3 Å². The molecule has 6 heteroatoms. The van der Waals surface area contributed by atoms with Crippen LogP contribution in [0.25, 0.3) is 0 Å². The summed E-state index contributed by atoms with van der Waals surface area (Å²) in [5.74, 6) is -0.614. The van der Waals surface area contributed by atoms with E-state index in [9.17, 15) is 14.5 Å². The molecule has 0 aliphatic heterocycles. The highest BCUT2D eigenvalue weighted by molar-refractivity contribution is 5.35. The number of halogens is 1. The number of hydrogen-bond acceptors (Lipinski definition) is 3. The first-order valence-corrected chi connectivity index (χ1v) is 4.56. The van der Waals surface area contributed by atoms with E-state index in [1.165, 1.54) is 12.1 Å². The molecule has 0 saturated carbocycles. The van der Waals surface area contributed by atoms with E-state index in [0.29, 0.717) is 12.1 Å². The van der Waals surface area contributed by atoms with Crippen LogP contribution in [-0.2, 0) is 6.54 Å². The number of aromatic nitrogens is 2. The minimum atomic E-state index is -0.615. The average Bonchev–Trinajstić information content (AvgIpc) is 2.69. The molecule has 0 spiro atoms. The van der Waals surface area contributed by atoms with Gasteiger partial charge in [0.2, 0.25) is 0 Å². The van der Waals surface area contributed by atoms with Crippen molar-refractivity contribution in [2.24, 2.45) is 0 Å². The Morgan fingerprint density at radius 2 is 2.25 bits per heavy atom. The zero-order valence-electron chi connectivity index (χ0n) is 8.21. The van der Waals surface area contributed by atoms with Crippen LogP contribution >= 0.6 is 0 Å². The van der Waals surface area contributed by atoms with E-state index in [1.807, 2.05) is 0 Å². The van der Waals surface area contributed by atoms with Gasteiger partial charge in [-0.2, -0.15) is 5.10 Å². The molecule has 0 aliphatic carbocycles. The van der Waals surface area contributed by atoms with Gasteiger partial charge >= 0.3 is 0 Å². The minimum Gasteiger partial charge on any atom is -0.268 e. The fraction of sp³-hybridized carbons (Fsp3) is 0.100. The van der Waals surface area contributed by atoms with Gasteiger partial charge in [0.15, 0.2) is 0 Å².